The Bertz CT molecular complexity index is 753. The lowest BCUT2D eigenvalue weighted by Gasteiger charge is -2.37. The third-order valence-electron chi connectivity index (χ3n) is 4.41. The van der Waals surface area contributed by atoms with Crippen molar-refractivity contribution in [3.8, 4) is 0 Å². The average molecular weight is 316 g/mol. The van der Waals surface area contributed by atoms with Gasteiger partial charge in [0.15, 0.2) is 11.5 Å². The molecule has 2 atom stereocenters. The van der Waals surface area contributed by atoms with Crippen LogP contribution in [0.1, 0.15) is 39.4 Å². The van der Waals surface area contributed by atoms with Crippen molar-refractivity contribution in [2.24, 2.45) is 13.0 Å². The number of nitrogens with zero attached hydrogens (tertiary/aromatic N) is 5. The molecule has 4 rings (SSSR count). The van der Waals surface area contributed by atoms with Crippen molar-refractivity contribution in [3.63, 3.8) is 0 Å². The minimum atomic E-state index is -0.154. The highest BCUT2D eigenvalue weighted by atomic mass is 16.2. The number of piperidine rings is 1. The fourth-order valence-electron chi connectivity index (χ4n) is 3.39. The molecule has 0 bridgehead atoms. The maximum Gasteiger partial charge on any atom is 0.248 e. The summed E-state index contributed by atoms with van der Waals surface area (Å²) in [7, 11) is 1.84. The number of hydrogen-bond donors (Lipinski definition) is 1. The van der Waals surface area contributed by atoms with Gasteiger partial charge in [-0.3, -0.25) is 4.79 Å². The Kier molecular flexibility index (Phi) is 3.95. The minimum Gasteiger partial charge on any atom is -0.344 e. The van der Waals surface area contributed by atoms with Crippen molar-refractivity contribution >= 4 is 28.6 Å². The summed E-state index contributed by atoms with van der Waals surface area (Å²) >= 11 is 0. The van der Waals surface area contributed by atoms with Crippen LogP contribution >= 0.6 is 0 Å². The Morgan fingerprint density at radius 3 is 2.70 bits per heavy atom. The van der Waals surface area contributed by atoms with Crippen LogP contribution in [0.5, 0.6) is 0 Å². The molecule has 1 fully saturated rings. The van der Waals surface area contributed by atoms with Gasteiger partial charge in [-0.25, -0.2) is 14.6 Å². The molecule has 2 unspecified atom stereocenters. The van der Waals surface area contributed by atoms with Crippen LogP contribution in [0, 0.1) is 12.8 Å². The molecule has 0 saturated carbocycles. The van der Waals surface area contributed by atoms with Gasteiger partial charge in [0.25, 0.3) is 0 Å². The van der Waals surface area contributed by atoms with Crippen LogP contribution < -0.4 is 10.2 Å². The molecule has 2 aromatic rings. The molecule has 2 aromatic heterocycles. The quantitative estimate of drug-likeness (QED) is 0.807. The lowest BCUT2D eigenvalue weighted by Crippen LogP contribution is -2.49. The van der Waals surface area contributed by atoms with Gasteiger partial charge in [-0.2, -0.15) is 5.10 Å². The van der Waals surface area contributed by atoms with E-state index in [2.05, 4.69) is 32.2 Å². The summed E-state index contributed by atoms with van der Waals surface area (Å²) in [5, 5.41) is 8.21. The molecule has 2 aliphatic rings. The Hall–Kier alpha value is -2.18. The first-order valence-corrected chi connectivity index (χ1v) is 8.33. The Balaban J connectivity index is 0.000000753. The van der Waals surface area contributed by atoms with Gasteiger partial charge in [-0.05, 0) is 25.7 Å². The number of anilines is 2. The number of fused-ring (bicyclic) bond motifs is 2. The van der Waals surface area contributed by atoms with Gasteiger partial charge in [0.05, 0.1) is 0 Å². The summed E-state index contributed by atoms with van der Waals surface area (Å²) in [5.74, 6) is 2.69. The van der Waals surface area contributed by atoms with Gasteiger partial charge in [0, 0.05) is 13.6 Å². The Morgan fingerprint density at radius 1 is 1.22 bits per heavy atom. The van der Waals surface area contributed by atoms with Crippen LogP contribution in [-0.2, 0) is 11.8 Å². The van der Waals surface area contributed by atoms with E-state index >= 15 is 0 Å². The van der Waals surface area contributed by atoms with E-state index in [4.69, 9.17) is 0 Å². The first-order valence-electron chi connectivity index (χ1n) is 8.33. The molecular weight excluding hydrogens is 292 g/mol. The summed E-state index contributed by atoms with van der Waals surface area (Å²) in [4.78, 5) is 23.7. The number of hydrogen-bond acceptors (Lipinski definition) is 5. The zero-order valence-corrected chi connectivity index (χ0v) is 14.4. The standard InChI is InChI=1S/C14H18N6O.C2H6/c1-7-4-5-9-14(21)17-11-10-12(19(3)18-11)15-8(2)16-13(10)20(9)6-7;1-2/h7,9H,4-6H2,1-3H3,(H,17,18,21);1-2H3. The summed E-state index contributed by atoms with van der Waals surface area (Å²) in [6, 6.07) is -0.154. The summed E-state index contributed by atoms with van der Waals surface area (Å²) in [6.45, 7) is 8.94. The molecule has 0 aromatic carbocycles. The highest BCUT2D eigenvalue weighted by molar-refractivity contribution is 6.09. The third-order valence-corrected chi connectivity index (χ3v) is 4.41. The van der Waals surface area contributed by atoms with Crippen molar-refractivity contribution in [2.75, 3.05) is 16.8 Å². The molecule has 124 valence electrons. The largest absolute Gasteiger partial charge is 0.344 e. The zero-order valence-electron chi connectivity index (χ0n) is 14.4. The third kappa shape index (κ3) is 2.44. The van der Waals surface area contributed by atoms with E-state index < -0.39 is 0 Å². The fourth-order valence-corrected chi connectivity index (χ4v) is 3.39. The number of aromatic nitrogens is 4. The molecule has 1 amide bonds. The van der Waals surface area contributed by atoms with Crippen LogP contribution in [0.2, 0.25) is 0 Å². The van der Waals surface area contributed by atoms with Crippen LogP contribution in [0.15, 0.2) is 0 Å². The van der Waals surface area contributed by atoms with Gasteiger partial charge in [-0.15, -0.1) is 0 Å². The highest BCUT2D eigenvalue weighted by Gasteiger charge is 2.37. The van der Waals surface area contributed by atoms with Crippen molar-refractivity contribution < 1.29 is 4.79 Å². The summed E-state index contributed by atoms with van der Waals surface area (Å²) < 4.78 is 1.71. The normalized spacial score (nSPS) is 22.8. The van der Waals surface area contributed by atoms with Gasteiger partial charge >= 0.3 is 0 Å². The molecule has 0 radical (unpaired) electrons. The topological polar surface area (TPSA) is 75.9 Å². The predicted molar refractivity (Wildman–Crippen MR) is 90.6 cm³/mol. The van der Waals surface area contributed by atoms with E-state index in [0.29, 0.717) is 17.6 Å². The molecular formula is C16H24N6O. The number of aryl methyl sites for hydroxylation is 2. The lowest BCUT2D eigenvalue weighted by atomic mass is 9.94. The Labute approximate surface area is 136 Å². The van der Waals surface area contributed by atoms with Crippen LogP contribution in [0.4, 0.5) is 11.6 Å². The van der Waals surface area contributed by atoms with E-state index in [1.807, 2.05) is 27.8 Å². The summed E-state index contributed by atoms with van der Waals surface area (Å²) in [5.41, 5.74) is 0.770. The smallest absolute Gasteiger partial charge is 0.248 e. The van der Waals surface area contributed by atoms with E-state index in [9.17, 15) is 4.79 Å². The second kappa shape index (κ2) is 5.79. The number of carbonyl (C=O) groups excluding carboxylic acids is 1. The number of carbonyl (C=O) groups is 1. The van der Waals surface area contributed by atoms with Crippen LogP contribution in [0.3, 0.4) is 0 Å². The average Bonchev–Trinajstić information content (AvgIpc) is 2.78. The molecule has 0 spiro atoms. The Morgan fingerprint density at radius 2 is 1.96 bits per heavy atom. The van der Waals surface area contributed by atoms with Gasteiger partial charge in [0.2, 0.25) is 5.91 Å². The predicted octanol–water partition coefficient (Wildman–Crippen LogP) is 2.25. The fraction of sp³-hybridized carbons (Fsp3) is 0.625. The molecule has 7 nitrogen and oxygen atoms in total. The van der Waals surface area contributed by atoms with E-state index in [1.54, 1.807) is 4.68 Å². The number of rotatable bonds is 0. The maximum absolute atomic E-state index is 12.5. The first-order chi connectivity index (χ1) is 11.0. The van der Waals surface area contributed by atoms with Gasteiger partial charge in [-0.1, -0.05) is 20.8 Å². The van der Waals surface area contributed by atoms with Crippen molar-refractivity contribution in [2.45, 2.75) is 46.6 Å². The van der Waals surface area contributed by atoms with Crippen LogP contribution in [-0.4, -0.2) is 38.2 Å². The molecule has 23 heavy (non-hydrogen) atoms. The van der Waals surface area contributed by atoms with Crippen molar-refractivity contribution in [3.05, 3.63) is 5.82 Å². The van der Waals surface area contributed by atoms with Gasteiger partial charge in [0.1, 0.15) is 23.1 Å². The second-order valence-corrected chi connectivity index (χ2v) is 6.11. The number of amides is 1. The lowest BCUT2D eigenvalue weighted by molar-refractivity contribution is -0.118. The van der Waals surface area contributed by atoms with E-state index in [-0.39, 0.29) is 11.9 Å². The second-order valence-electron chi connectivity index (χ2n) is 6.11. The van der Waals surface area contributed by atoms with Gasteiger partial charge < -0.3 is 10.2 Å². The first kappa shape index (κ1) is 15.7. The molecule has 0 aliphatic carbocycles. The molecule has 7 heteroatoms. The van der Waals surface area contributed by atoms with E-state index in [0.717, 1.165) is 36.2 Å². The molecule has 4 heterocycles. The number of nitrogens with one attached hydrogen (secondary N) is 1. The minimum absolute atomic E-state index is 0.0116. The SMILES string of the molecule is CC.Cc1nc2c3c(nn(C)c3n1)NC(=O)C1CCC(C)CN21. The monoisotopic (exact) mass is 316 g/mol. The van der Waals surface area contributed by atoms with Crippen molar-refractivity contribution in [1.29, 1.82) is 0 Å². The molecule has 1 saturated heterocycles. The molecule has 2 aliphatic heterocycles. The highest BCUT2D eigenvalue weighted by Crippen LogP contribution is 2.37. The van der Waals surface area contributed by atoms with Crippen molar-refractivity contribution in [1.82, 2.24) is 19.7 Å². The summed E-state index contributed by atoms with van der Waals surface area (Å²) in [6.07, 6.45) is 1.92. The van der Waals surface area contributed by atoms with Crippen LogP contribution in [0.25, 0.3) is 11.0 Å². The maximum atomic E-state index is 12.5. The van der Waals surface area contributed by atoms with E-state index in [1.165, 1.54) is 0 Å². The molecule has 1 N–H and O–H groups in total. The zero-order chi connectivity index (χ0) is 16.7.